The number of allylic oxidation sites excluding steroid dienone is 10. The van der Waals surface area contributed by atoms with Crippen molar-refractivity contribution < 1.29 is 47.8 Å². The number of carboxylic acid groups (broad SMARTS) is 1. The van der Waals surface area contributed by atoms with E-state index >= 15 is 0 Å². The Morgan fingerprint density at radius 1 is 0.525 bits per heavy atom. The second-order valence-corrected chi connectivity index (χ2v) is 17.4. The number of carbonyl (C=O) groups is 3. The van der Waals surface area contributed by atoms with Gasteiger partial charge in [-0.05, 0) is 83.5 Å². The molecule has 0 heterocycles. The van der Waals surface area contributed by atoms with Gasteiger partial charge in [0.2, 0.25) is 5.91 Å². The first-order valence-electron chi connectivity index (χ1n) is 23.8. The molecule has 0 aromatic carbocycles. The zero-order chi connectivity index (χ0) is 44.9. The molecule has 61 heavy (non-hydrogen) atoms. The minimum atomic E-state index is -4.77. The number of phosphoric acid groups is 1. The number of unbranched alkanes of at least 4 members (excludes halogenated alkanes) is 20. The standard InChI is InChI=1S/C49H86NO10P/c1-3-5-7-9-11-13-15-17-19-21-22-23-24-25-27-29-31-33-35-37-39-41-48(53)58-42-45(51)43-59-61(56,57)60-44-46(49(54)55)50-47(52)40-38-36-34-32-30-28-26-20-18-16-14-12-10-8-6-4-2/h11,13,17,19-20,22-23,25-27,45-46,51H,3-10,12,14-16,18,21,24,28-44H2,1-2H3,(H,50,52)(H,54,55)(H,56,57)/b13-11-,19-17-,23-22-,26-20-,27-25-. The van der Waals surface area contributed by atoms with Gasteiger partial charge in [-0.3, -0.25) is 18.6 Å². The fourth-order valence-electron chi connectivity index (χ4n) is 6.29. The number of aliphatic hydroxyl groups is 1. The van der Waals surface area contributed by atoms with Crippen molar-refractivity contribution in [2.24, 2.45) is 0 Å². The van der Waals surface area contributed by atoms with E-state index in [0.29, 0.717) is 12.8 Å². The van der Waals surface area contributed by atoms with E-state index in [1.165, 1.54) is 70.6 Å². The van der Waals surface area contributed by atoms with Crippen LogP contribution in [0, 0.1) is 0 Å². The quantitative estimate of drug-likeness (QED) is 0.0200. The van der Waals surface area contributed by atoms with E-state index in [4.69, 9.17) is 13.8 Å². The average molecular weight is 880 g/mol. The Morgan fingerprint density at radius 3 is 1.39 bits per heavy atom. The van der Waals surface area contributed by atoms with Crippen LogP contribution in [0.15, 0.2) is 60.8 Å². The Kier molecular flexibility index (Phi) is 41.8. The Morgan fingerprint density at radius 2 is 0.902 bits per heavy atom. The van der Waals surface area contributed by atoms with Crippen molar-refractivity contribution in [1.82, 2.24) is 5.32 Å². The lowest BCUT2D eigenvalue weighted by atomic mass is 10.1. The molecule has 4 N–H and O–H groups in total. The number of hydrogen-bond donors (Lipinski definition) is 4. The maximum Gasteiger partial charge on any atom is 0.472 e. The predicted octanol–water partition coefficient (Wildman–Crippen LogP) is 12.7. The molecule has 11 nitrogen and oxygen atoms in total. The highest BCUT2D eigenvalue weighted by Crippen LogP contribution is 2.43. The lowest BCUT2D eigenvalue weighted by Crippen LogP contribution is -2.43. The molecule has 0 aliphatic rings. The number of aliphatic carboxylic acids is 1. The van der Waals surface area contributed by atoms with E-state index in [1.54, 1.807) is 0 Å². The molecule has 0 fully saturated rings. The van der Waals surface area contributed by atoms with Gasteiger partial charge in [0.15, 0.2) is 6.04 Å². The first kappa shape index (κ1) is 58.2. The summed E-state index contributed by atoms with van der Waals surface area (Å²) >= 11 is 0. The third-order valence-corrected chi connectivity index (χ3v) is 11.0. The number of ether oxygens (including phenoxy) is 1. The van der Waals surface area contributed by atoms with Gasteiger partial charge in [0.1, 0.15) is 12.7 Å². The monoisotopic (exact) mass is 880 g/mol. The van der Waals surface area contributed by atoms with Crippen LogP contribution in [0.3, 0.4) is 0 Å². The summed E-state index contributed by atoms with van der Waals surface area (Å²) in [6, 6.07) is -1.56. The summed E-state index contributed by atoms with van der Waals surface area (Å²) in [5.74, 6) is -2.41. The van der Waals surface area contributed by atoms with Crippen molar-refractivity contribution >= 4 is 25.7 Å². The van der Waals surface area contributed by atoms with Crippen LogP contribution in [0.1, 0.15) is 200 Å². The first-order chi connectivity index (χ1) is 29.6. The summed E-state index contributed by atoms with van der Waals surface area (Å²) in [5, 5.41) is 21.9. The van der Waals surface area contributed by atoms with Gasteiger partial charge in [0.25, 0.3) is 0 Å². The van der Waals surface area contributed by atoms with E-state index in [1.807, 2.05) is 0 Å². The van der Waals surface area contributed by atoms with Crippen LogP contribution in [0.5, 0.6) is 0 Å². The largest absolute Gasteiger partial charge is 0.480 e. The number of esters is 1. The molecule has 0 aliphatic heterocycles. The molecular formula is C49H86NO10P. The Balaban J connectivity index is 3.91. The highest BCUT2D eigenvalue weighted by atomic mass is 31.2. The third kappa shape index (κ3) is 43.6. The maximum absolute atomic E-state index is 12.3. The number of phosphoric ester groups is 1. The zero-order valence-corrected chi connectivity index (χ0v) is 39.1. The molecule has 3 atom stereocenters. The number of amides is 1. The number of rotatable bonds is 44. The predicted molar refractivity (Wildman–Crippen MR) is 249 cm³/mol. The summed E-state index contributed by atoms with van der Waals surface area (Å²) in [7, 11) is -4.77. The number of aliphatic hydroxyl groups excluding tert-OH is 1. The highest BCUT2D eigenvalue weighted by Gasteiger charge is 2.28. The number of hydrogen-bond acceptors (Lipinski definition) is 8. The number of carboxylic acids is 1. The number of nitrogens with one attached hydrogen (secondary N) is 1. The van der Waals surface area contributed by atoms with E-state index in [0.717, 1.165) is 89.9 Å². The topological polar surface area (TPSA) is 169 Å². The molecular weight excluding hydrogens is 794 g/mol. The molecule has 0 saturated heterocycles. The molecule has 0 bridgehead atoms. The van der Waals surface area contributed by atoms with Crippen molar-refractivity contribution in [2.75, 3.05) is 19.8 Å². The first-order valence-corrected chi connectivity index (χ1v) is 25.3. The molecule has 0 radical (unpaired) electrons. The van der Waals surface area contributed by atoms with Gasteiger partial charge in [-0.2, -0.15) is 0 Å². The fraction of sp³-hybridized carbons (Fsp3) is 0.735. The highest BCUT2D eigenvalue weighted by molar-refractivity contribution is 7.47. The van der Waals surface area contributed by atoms with Crippen molar-refractivity contribution in [3.8, 4) is 0 Å². The van der Waals surface area contributed by atoms with Crippen LogP contribution in [0.2, 0.25) is 0 Å². The van der Waals surface area contributed by atoms with E-state index in [9.17, 15) is 34.1 Å². The molecule has 0 saturated carbocycles. The summed E-state index contributed by atoms with van der Waals surface area (Å²) < 4.78 is 26.9. The van der Waals surface area contributed by atoms with Crippen molar-refractivity contribution in [1.29, 1.82) is 0 Å². The Hall–Kier alpha value is -2.82. The lowest BCUT2D eigenvalue weighted by molar-refractivity contribution is -0.147. The SMILES string of the molecule is CCCCC/C=C\C/C=C\C/C=C\C/C=C\CCCCCCCC(=O)OCC(O)COP(=O)(O)OCC(NC(=O)CCCCCCC/C=C\CCCCCCCCC)C(=O)O. The number of carbonyl (C=O) groups excluding carboxylic acids is 2. The van der Waals surface area contributed by atoms with Crippen molar-refractivity contribution in [2.45, 2.75) is 212 Å². The van der Waals surface area contributed by atoms with Crippen LogP contribution < -0.4 is 5.32 Å². The zero-order valence-electron chi connectivity index (χ0n) is 38.2. The van der Waals surface area contributed by atoms with Crippen molar-refractivity contribution in [3.05, 3.63) is 60.8 Å². The summed E-state index contributed by atoms with van der Waals surface area (Å²) in [5.41, 5.74) is 0. The molecule has 1 amide bonds. The van der Waals surface area contributed by atoms with Crippen LogP contribution in [-0.4, -0.2) is 64.9 Å². The van der Waals surface area contributed by atoms with Gasteiger partial charge < -0.3 is 25.2 Å². The minimum Gasteiger partial charge on any atom is -0.480 e. The molecule has 0 aliphatic carbocycles. The van der Waals surface area contributed by atoms with Gasteiger partial charge >= 0.3 is 19.8 Å². The van der Waals surface area contributed by atoms with E-state index < -0.39 is 57.6 Å². The Bertz CT molecular complexity index is 1260. The minimum absolute atomic E-state index is 0.133. The summed E-state index contributed by atoms with van der Waals surface area (Å²) in [4.78, 5) is 46.0. The second kappa shape index (κ2) is 43.8. The van der Waals surface area contributed by atoms with Crippen molar-refractivity contribution in [3.63, 3.8) is 0 Å². The molecule has 12 heteroatoms. The van der Waals surface area contributed by atoms with Crippen LogP contribution >= 0.6 is 7.82 Å². The van der Waals surface area contributed by atoms with E-state index in [-0.39, 0.29) is 12.8 Å². The lowest BCUT2D eigenvalue weighted by Gasteiger charge is -2.18. The molecule has 3 unspecified atom stereocenters. The van der Waals surface area contributed by atoms with Gasteiger partial charge in [-0.15, -0.1) is 0 Å². The normalized spacial score (nSPS) is 14.2. The Labute approximate surface area is 370 Å². The van der Waals surface area contributed by atoms with E-state index in [2.05, 4.69) is 79.9 Å². The third-order valence-electron chi connectivity index (χ3n) is 10.0. The van der Waals surface area contributed by atoms with Gasteiger partial charge in [0, 0.05) is 12.8 Å². The van der Waals surface area contributed by atoms with Crippen LogP contribution in [0.25, 0.3) is 0 Å². The molecule has 352 valence electrons. The van der Waals surface area contributed by atoms with Crippen LogP contribution in [-0.2, 0) is 32.7 Å². The molecule has 0 spiro atoms. The summed E-state index contributed by atoms with van der Waals surface area (Å²) in [6.07, 6.45) is 50.9. The van der Waals surface area contributed by atoms with Gasteiger partial charge in [-0.1, -0.05) is 164 Å². The molecule has 0 aromatic heterocycles. The summed E-state index contributed by atoms with van der Waals surface area (Å²) in [6.45, 7) is 2.54. The smallest absolute Gasteiger partial charge is 0.472 e. The van der Waals surface area contributed by atoms with Gasteiger partial charge in [0.05, 0.1) is 13.2 Å². The second-order valence-electron chi connectivity index (χ2n) is 15.9. The molecule has 0 rings (SSSR count). The molecule has 0 aromatic rings. The van der Waals surface area contributed by atoms with Gasteiger partial charge in [-0.25, -0.2) is 9.36 Å². The average Bonchev–Trinajstić information content (AvgIpc) is 3.24. The maximum atomic E-state index is 12.3. The fourth-order valence-corrected chi connectivity index (χ4v) is 7.07. The van der Waals surface area contributed by atoms with Crippen LogP contribution in [0.4, 0.5) is 0 Å².